The Morgan fingerprint density at radius 2 is 1.80 bits per heavy atom. The van der Waals surface area contributed by atoms with Crippen molar-refractivity contribution in [1.29, 1.82) is 0 Å². The summed E-state index contributed by atoms with van der Waals surface area (Å²) < 4.78 is 7.57. The van der Waals surface area contributed by atoms with Crippen LogP contribution in [0.1, 0.15) is 60.3 Å². The highest BCUT2D eigenvalue weighted by atomic mass is 16.5. The molecule has 1 N–H and O–H groups in total. The number of morpholine rings is 1. The fourth-order valence-corrected chi connectivity index (χ4v) is 5.58. The first-order chi connectivity index (χ1) is 14.8. The van der Waals surface area contributed by atoms with Crippen molar-refractivity contribution in [1.82, 2.24) is 20.0 Å². The highest BCUT2D eigenvalue weighted by Gasteiger charge is 2.39. The number of hydrogen-bond donors (Lipinski definition) is 1. The second-order valence-corrected chi connectivity index (χ2v) is 8.94. The molecule has 1 saturated carbocycles. The second-order valence-electron chi connectivity index (χ2n) is 8.94. The Hall–Kier alpha value is -2.18. The van der Waals surface area contributed by atoms with Crippen molar-refractivity contribution in [2.45, 2.75) is 56.9 Å². The van der Waals surface area contributed by atoms with E-state index in [2.05, 4.69) is 22.3 Å². The number of fused-ring (bicyclic) bond motifs is 1. The molecular weight excluding hydrogens is 376 g/mol. The number of amides is 1. The van der Waals surface area contributed by atoms with Crippen molar-refractivity contribution in [2.75, 3.05) is 32.8 Å². The van der Waals surface area contributed by atoms with E-state index in [0.29, 0.717) is 12.2 Å². The number of aromatic nitrogens is 2. The van der Waals surface area contributed by atoms with Crippen molar-refractivity contribution in [3.63, 3.8) is 0 Å². The van der Waals surface area contributed by atoms with Gasteiger partial charge in [0.05, 0.1) is 18.9 Å². The first kappa shape index (κ1) is 19.8. The first-order valence-corrected chi connectivity index (χ1v) is 11.5. The van der Waals surface area contributed by atoms with Gasteiger partial charge in [-0.25, -0.2) is 4.68 Å². The lowest BCUT2D eigenvalue weighted by molar-refractivity contribution is -0.0361. The Kier molecular flexibility index (Phi) is 5.61. The molecule has 30 heavy (non-hydrogen) atoms. The fraction of sp³-hybridized carbons (Fsp3) is 0.583. The highest BCUT2D eigenvalue weighted by Crippen LogP contribution is 2.34. The third kappa shape index (κ3) is 3.67. The van der Waals surface area contributed by atoms with E-state index < -0.39 is 0 Å². The lowest BCUT2D eigenvalue weighted by atomic mass is 9.79. The average molecular weight is 409 g/mol. The van der Waals surface area contributed by atoms with Crippen LogP contribution < -0.4 is 5.32 Å². The Balaban J connectivity index is 1.36. The molecule has 1 saturated heterocycles. The molecule has 5 rings (SSSR count). The fourth-order valence-electron chi connectivity index (χ4n) is 5.58. The van der Waals surface area contributed by atoms with Gasteiger partial charge >= 0.3 is 0 Å². The number of carbonyl (C=O) groups is 1. The highest BCUT2D eigenvalue weighted by molar-refractivity contribution is 5.94. The first-order valence-electron chi connectivity index (χ1n) is 11.5. The average Bonchev–Trinajstić information content (AvgIpc) is 3.42. The lowest BCUT2D eigenvalue weighted by Gasteiger charge is -2.48. The Bertz CT molecular complexity index is 880. The van der Waals surface area contributed by atoms with Gasteiger partial charge in [0.2, 0.25) is 0 Å². The maximum Gasteiger partial charge on any atom is 0.272 e. The number of hydrogen-bond acceptors (Lipinski definition) is 4. The van der Waals surface area contributed by atoms with Crippen LogP contribution in [0.25, 0.3) is 5.69 Å². The molecule has 0 unspecified atom stereocenters. The monoisotopic (exact) mass is 408 g/mol. The Morgan fingerprint density at radius 1 is 1.03 bits per heavy atom. The standard InChI is InChI=1S/C24H32N4O2/c29-23(25-18-24(12-5-2-6-13-24)27-14-16-30-17-15-27)22-20-10-7-11-21(20)28(26-22)19-8-3-1-4-9-19/h1,3-4,8-9H,2,5-7,10-18H2,(H,25,29). The lowest BCUT2D eigenvalue weighted by Crippen LogP contribution is -2.59. The van der Waals surface area contributed by atoms with Crippen molar-refractivity contribution in [3.05, 3.63) is 47.3 Å². The van der Waals surface area contributed by atoms with Crippen LogP contribution in [0.5, 0.6) is 0 Å². The molecule has 0 spiro atoms. The summed E-state index contributed by atoms with van der Waals surface area (Å²) in [5.74, 6) is -0.0129. The maximum absolute atomic E-state index is 13.3. The molecule has 2 heterocycles. The van der Waals surface area contributed by atoms with Gasteiger partial charge in [0.25, 0.3) is 5.91 Å². The molecule has 6 nitrogen and oxygen atoms in total. The van der Waals surface area contributed by atoms with E-state index in [0.717, 1.165) is 69.7 Å². The molecule has 2 aliphatic carbocycles. The minimum Gasteiger partial charge on any atom is -0.379 e. The van der Waals surface area contributed by atoms with Crippen LogP contribution in [-0.2, 0) is 17.6 Å². The van der Waals surface area contributed by atoms with E-state index in [9.17, 15) is 4.79 Å². The molecule has 2 fully saturated rings. The van der Waals surface area contributed by atoms with Crippen LogP contribution >= 0.6 is 0 Å². The van der Waals surface area contributed by atoms with Crippen molar-refractivity contribution >= 4 is 5.91 Å². The van der Waals surface area contributed by atoms with Gasteiger partial charge in [0.15, 0.2) is 5.69 Å². The predicted molar refractivity (Wildman–Crippen MR) is 116 cm³/mol. The molecular formula is C24H32N4O2. The van der Waals surface area contributed by atoms with E-state index in [1.807, 2.05) is 22.9 Å². The van der Waals surface area contributed by atoms with Gasteiger partial charge in [-0.15, -0.1) is 0 Å². The van der Waals surface area contributed by atoms with Gasteiger partial charge in [0, 0.05) is 36.4 Å². The number of carbonyl (C=O) groups excluding carboxylic acids is 1. The topological polar surface area (TPSA) is 59.4 Å². The molecule has 0 atom stereocenters. The molecule has 160 valence electrons. The van der Waals surface area contributed by atoms with Crippen LogP contribution in [0.2, 0.25) is 0 Å². The van der Waals surface area contributed by atoms with Crippen molar-refractivity contribution in [2.24, 2.45) is 0 Å². The number of benzene rings is 1. The number of ether oxygens (including phenoxy) is 1. The van der Waals surface area contributed by atoms with Gasteiger partial charge in [-0.3, -0.25) is 9.69 Å². The van der Waals surface area contributed by atoms with E-state index in [-0.39, 0.29) is 11.4 Å². The van der Waals surface area contributed by atoms with Crippen LogP contribution in [0.4, 0.5) is 0 Å². The third-order valence-electron chi connectivity index (χ3n) is 7.19. The van der Waals surface area contributed by atoms with E-state index in [1.54, 1.807) is 0 Å². The molecule has 0 bridgehead atoms. The number of para-hydroxylation sites is 1. The Morgan fingerprint density at radius 3 is 2.57 bits per heavy atom. The van der Waals surface area contributed by atoms with Crippen molar-refractivity contribution < 1.29 is 9.53 Å². The van der Waals surface area contributed by atoms with E-state index >= 15 is 0 Å². The van der Waals surface area contributed by atoms with Gasteiger partial charge in [-0.1, -0.05) is 37.5 Å². The molecule has 1 amide bonds. The van der Waals surface area contributed by atoms with Gasteiger partial charge in [-0.2, -0.15) is 5.10 Å². The largest absolute Gasteiger partial charge is 0.379 e. The van der Waals surface area contributed by atoms with E-state index in [1.165, 1.54) is 25.0 Å². The summed E-state index contributed by atoms with van der Waals surface area (Å²) in [5, 5.41) is 8.08. The SMILES string of the molecule is O=C(NCC1(N2CCOCC2)CCCCC1)c1nn(-c2ccccc2)c2c1CCC2. The summed E-state index contributed by atoms with van der Waals surface area (Å²) in [5.41, 5.74) is 4.07. The zero-order valence-electron chi connectivity index (χ0n) is 17.7. The number of nitrogens with one attached hydrogen (secondary N) is 1. The maximum atomic E-state index is 13.3. The molecule has 1 aromatic carbocycles. The number of rotatable bonds is 5. The summed E-state index contributed by atoms with van der Waals surface area (Å²) in [7, 11) is 0. The number of nitrogens with zero attached hydrogens (tertiary/aromatic N) is 3. The zero-order chi connectivity index (χ0) is 20.4. The smallest absolute Gasteiger partial charge is 0.272 e. The quantitative estimate of drug-likeness (QED) is 0.826. The van der Waals surface area contributed by atoms with Crippen LogP contribution in [0.15, 0.2) is 30.3 Å². The summed E-state index contributed by atoms with van der Waals surface area (Å²) in [6, 6.07) is 10.2. The summed E-state index contributed by atoms with van der Waals surface area (Å²) in [6.07, 6.45) is 9.12. The molecule has 1 aromatic heterocycles. The molecule has 6 heteroatoms. The molecule has 0 radical (unpaired) electrons. The predicted octanol–water partition coefficient (Wildman–Crippen LogP) is 3.13. The van der Waals surface area contributed by atoms with Crippen LogP contribution in [0, 0.1) is 0 Å². The summed E-state index contributed by atoms with van der Waals surface area (Å²) >= 11 is 0. The normalized spacial score (nSPS) is 21.3. The Labute approximate surface area is 178 Å². The summed E-state index contributed by atoms with van der Waals surface area (Å²) in [4.78, 5) is 15.9. The van der Waals surface area contributed by atoms with E-state index in [4.69, 9.17) is 9.84 Å². The summed E-state index contributed by atoms with van der Waals surface area (Å²) in [6.45, 7) is 4.23. The molecule has 3 aliphatic rings. The molecule has 2 aromatic rings. The zero-order valence-corrected chi connectivity index (χ0v) is 17.7. The van der Waals surface area contributed by atoms with Gasteiger partial charge in [0.1, 0.15) is 0 Å². The minimum atomic E-state index is -0.0129. The van der Waals surface area contributed by atoms with Crippen LogP contribution in [-0.4, -0.2) is 59.0 Å². The van der Waals surface area contributed by atoms with Crippen molar-refractivity contribution in [3.8, 4) is 5.69 Å². The van der Waals surface area contributed by atoms with Gasteiger partial charge < -0.3 is 10.1 Å². The molecule has 1 aliphatic heterocycles. The van der Waals surface area contributed by atoms with Gasteiger partial charge in [-0.05, 0) is 44.2 Å². The van der Waals surface area contributed by atoms with Crippen LogP contribution in [0.3, 0.4) is 0 Å². The minimum absolute atomic E-state index is 0.0129. The second kappa shape index (κ2) is 8.52. The third-order valence-corrected chi connectivity index (χ3v) is 7.19.